The molecule has 0 radical (unpaired) electrons. The molecule has 0 aromatic carbocycles. The summed E-state index contributed by atoms with van der Waals surface area (Å²) >= 11 is 0. The summed E-state index contributed by atoms with van der Waals surface area (Å²) in [6.45, 7) is 0.688. The van der Waals surface area contributed by atoms with Gasteiger partial charge in [-0.05, 0) is 19.3 Å². The van der Waals surface area contributed by atoms with Crippen LogP contribution >= 0.6 is 0 Å². The minimum Gasteiger partial charge on any atom is -0.479 e. The van der Waals surface area contributed by atoms with Crippen LogP contribution in [0.3, 0.4) is 0 Å². The van der Waals surface area contributed by atoms with Crippen molar-refractivity contribution in [1.82, 2.24) is 14.8 Å². The van der Waals surface area contributed by atoms with Crippen LogP contribution in [-0.4, -0.2) is 39.1 Å². The zero-order valence-electron chi connectivity index (χ0n) is 9.17. The molecule has 2 rings (SSSR count). The SMILES string of the molecule is COC(C(=O)O)C1(CCn2cncn2)CC1. The number of nitrogens with zero attached hydrogens (tertiary/aromatic N) is 3. The molecule has 0 bridgehead atoms. The summed E-state index contributed by atoms with van der Waals surface area (Å²) in [5.74, 6) is -0.876. The van der Waals surface area contributed by atoms with Crippen LogP contribution in [0.5, 0.6) is 0 Å². The number of carbonyl (C=O) groups is 1. The second kappa shape index (κ2) is 4.21. The second-order valence-corrected chi connectivity index (χ2v) is 4.22. The molecule has 1 atom stereocenters. The van der Waals surface area contributed by atoms with Crippen molar-refractivity contribution < 1.29 is 14.6 Å². The van der Waals surface area contributed by atoms with Crippen LogP contribution < -0.4 is 0 Å². The Bertz CT molecular complexity index is 359. The van der Waals surface area contributed by atoms with Crippen LogP contribution in [-0.2, 0) is 16.1 Å². The van der Waals surface area contributed by atoms with E-state index >= 15 is 0 Å². The molecule has 0 aliphatic heterocycles. The van der Waals surface area contributed by atoms with Crippen molar-refractivity contribution in [2.45, 2.75) is 31.9 Å². The standard InChI is InChI=1S/C10H15N3O3/c1-16-8(9(14)15)10(2-3-10)4-5-13-7-11-6-12-13/h6-8H,2-5H2,1H3,(H,14,15). The third kappa shape index (κ3) is 2.06. The van der Waals surface area contributed by atoms with Crippen molar-refractivity contribution in [3.8, 4) is 0 Å². The molecule has 1 aliphatic rings. The second-order valence-electron chi connectivity index (χ2n) is 4.22. The highest BCUT2D eigenvalue weighted by Gasteiger charge is 2.52. The van der Waals surface area contributed by atoms with Gasteiger partial charge in [0.05, 0.1) is 0 Å². The highest BCUT2D eigenvalue weighted by Crippen LogP contribution is 2.53. The third-order valence-corrected chi connectivity index (χ3v) is 3.21. The Hall–Kier alpha value is -1.43. The molecule has 1 aromatic heterocycles. The third-order valence-electron chi connectivity index (χ3n) is 3.21. The summed E-state index contributed by atoms with van der Waals surface area (Å²) in [6, 6.07) is 0. The molecule has 1 N–H and O–H groups in total. The first-order chi connectivity index (χ1) is 7.68. The number of carboxylic acid groups (broad SMARTS) is 1. The van der Waals surface area contributed by atoms with E-state index in [1.165, 1.54) is 13.4 Å². The lowest BCUT2D eigenvalue weighted by Gasteiger charge is -2.21. The Labute approximate surface area is 93.2 Å². The maximum Gasteiger partial charge on any atom is 0.333 e. The number of carboxylic acids is 1. The Kier molecular flexibility index (Phi) is 2.91. The van der Waals surface area contributed by atoms with Crippen molar-refractivity contribution >= 4 is 5.97 Å². The zero-order valence-corrected chi connectivity index (χ0v) is 9.17. The fourth-order valence-electron chi connectivity index (χ4n) is 2.10. The maximum absolute atomic E-state index is 11.0. The number of hydrogen-bond donors (Lipinski definition) is 1. The predicted molar refractivity (Wildman–Crippen MR) is 54.7 cm³/mol. The van der Waals surface area contributed by atoms with Gasteiger partial charge >= 0.3 is 5.97 Å². The van der Waals surface area contributed by atoms with Crippen LogP contribution in [0.25, 0.3) is 0 Å². The van der Waals surface area contributed by atoms with Crippen LogP contribution in [0.15, 0.2) is 12.7 Å². The van der Waals surface area contributed by atoms with E-state index in [1.807, 2.05) is 0 Å². The lowest BCUT2D eigenvalue weighted by atomic mass is 9.95. The van der Waals surface area contributed by atoms with Crippen molar-refractivity contribution in [3.05, 3.63) is 12.7 Å². The van der Waals surface area contributed by atoms with Gasteiger partial charge in [-0.15, -0.1) is 0 Å². The van der Waals surface area contributed by atoms with Gasteiger partial charge in [0, 0.05) is 19.1 Å². The number of ether oxygens (including phenoxy) is 1. The highest BCUT2D eigenvalue weighted by atomic mass is 16.5. The molecule has 1 aliphatic carbocycles. The summed E-state index contributed by atoms with van der Waals surface area (Å²) < 4.78 is 6.78. The van der Waals surface area contributed by atoms with Gasteiger partial charge in [-0.3, -0.25) is 4.68 Å². The van der Waals surface area contributed by atoms with Gasteiger partial charge in [-0.25, -0.2) is 9.78 Å². The number of rotatable bonds is 6. The molecule has 6 heteroatoms. The van der Waals surface area contributed by atoms with E-state index in [1.54, 1.807) is 11.0 Å². The normalized spacial score (nSPS) is 19.3. The van der Waals surface area contributed by atoms with E-state index in [2.05, 4.69) is 10.1 Å². The van der Waals surface area contributed by atoms with E-state index in [0.29, 0.717) is 6.54 Å². The Morgan fingerprint density at radius 1 is 1.69 bits per heavy atom. The van der Waals surface area contributed by atoms with Gasteiger partial charge in [0.25, 0.3) is 0 Å². The minimum atomic E-state index is -0.876. The van der Waals surface area contributed by atoms with Crippen LogP contribution in [0.1, 0.15) is 19.3 Å². The van der Waals surface area contributed by atoms with Crippen molar-refractivity contribution in [1.29, 1.82) is 0 Å². The molecule has 1 heterocycles. The first kappa shape index (κ1) is 11.1. The van der Waals surface area contributed by atoms with Gasteiger partial charge in [-0.2, -0.15) is 5.10 Å². The lowest BCUT2D eigenvalue weighted by molar-refractivity contribution is -0.153. The summed E-state index contributed by atoms with van der Waals surface area (Å²) in [6.07, 6.45) is 5.00. The molecule has 16 heavy (non-hydrogen) atoms. The monoisotopic (exact) mass is 225 g/mol. The zero-order chi connectivity index (χ0) is 11.6. The van der Waals surface area contributed by atoms with E-state index in [0.717, 1.165) is 19.3 Å². The molecule has 0 saturated heterocycles. The number of aromatic nitrogens is 3. The molecule has 1 saturated carbocycles. The van der Waals surface area contributed by atoms with Crippen molar-refractivity contribution in [3.63, 3.8) is 0 Å². The van der Waals surface area contributed by atoms with Gasteiger partial charge in [0.1, 0.15) is 12.7 Å². The molecular weight excluding hydrogens is 210 g/mol. The summed E-state index contributed by atoms with van der Waals surface area (Å²) in [5, 5.41) is 13.0. The van der Waals surface area contributed by atoms with E-state index in [-0.39, 0.29) is 5.41 Å². The average molecular weight is 225 g/mol. The summed E-state index contributed by atoms with van der Waals surface area (Å²) in [4.78, 5) is 14.9. The maximum atomic E-state index is 11.0. The van der Waals surface area contributed by atoms with Crippen LogP contribution in [0.4, 0.5) is 0 Å². The van der Waals surface area contributed by atoms with Crippen LogP contribution in [0, 0.1) is 5.41 Å². The predicted octanol–water partition coefficient (Wildman–Crippen LogP) is 0.548. The topological polar surface area (TPSA) is 77.2 Å². The number of aliphatic carboxylic acids is 1. The fraction of sp³-hybridized carbons (Fsp3) is 0.700. The summed E-state index contributed by atoms with van der Waals surface area (Å²) in [5.41, 5.74) is -0.202. The molecule has 0 spiro atoms. The Morgan fingerprint density at radius 3 is 2.88 bits per heavy atom. The van der Waals surface area contributed by atoms with Crippen LogP contribution in [0.2, 0.25) is 0 Å². The number of hydrogen-bond acceptors (Lipinski definition) is 4. The van der Waals surface area contributed by atoms with Gasteiger partial charge in [-0.1, -0.05) is 0 Å². The number of aryl methyl sites for hydroxylation is 1. The molecular formula is C10H15N3O3. The van der Waals surface area contributed by atoms with Crippen molar-refractivity contribution in [2.24, 2.45) is 5.41 Å². The Balaban J connectivity index is 1.95. The fourth-order valence-corrected chi connectivity index (χ4v) is 2.10. The molecule has 1 fully saturated rings. The van der Waals surface area contributed by atoms with Gasteiger partial charge < -0.3 is 9.84 Å². The minimum absolute atomic E-state index is 0.202. The number of methoxy groups -OCH3 is 1. The molecule has 88 valence electrons. The van der Waals surface area contributed by atoms with E-state index < -0.39 is 12.1 Å². The Morgan fingerprint density at radius 2 is 2.44 bits per heavy atom. The first-order valence-corrected chi connectivity index (χ1v) is 5.26. The average Bonchev–Trinajstić information content (AvgIpc) is 2.84. The first-order valence-electron chi connectivity index (χ1n) is 5.26. The molecule has 6 nitrogen and oxygen atoms in total. The van der Waals surface area contributed by atoms with E-state index in [4.69, 9.17) is 9.84 Å². The molecule has 0 amide bonds. The largest absolute Gasteiger partial charge is 0.479 e. The smallest absolute Gasteiger partial charge is 0.333 e. The lowest BCUT2D eigenvalue weighted by Crippen LogP contribution is -2.33. The van der Waals surface area contributed by atoms with E-state index in [9.17, 15) is 4.79 Å². The quantitative estimate of drug-likeness (QED) is 0.764. The van der Waals surface area contributed by atoms with Gasteiger partial charge in [0.15, 0.2) is 6.10 Å². The molecule has 1 aromatic rings. The highest BCUT2D eigenvalue weighted by molar-refractivity contribution is 5.74. The molecule has 1 unspecified atom stereocenters. The summed E-state index contributed by atoms with van der Waals surface area (Å²) in [7, 11) is 1.45. The van der Waals surface area contributed by atoms with Gasteiger partial charge in [0.2, 0.25) is 0 Å². The van der Waals surface area contributed by atoms with Crippen molar-refractivity contribution in [2.75, 3.05) is 7.11 Å².